The molecular weight excluding hydrogens is 220 g/mol. The van der Waals surface area contributed by atoms with Crippen molar-refractivity contribution in [3.63, 3.8) is 0 Å². The molecule has 0 saturated heterocycles. The average molecular weight is 248 g/mol. The first kappa shape index (κ1) is 15.2. The molecule has 2 heteroatoms. The van der Waals surface area contributed by atoms with Crippen LogP contribution < -0.4 is 5.32 Å². The van der Waals surface area contributed by atoms with E-state index in [1.165, 1.54) is 37.2 Å². The molecule has 1 aromatic carbocycles. The first-order valence-corrected chi connectivity index (χ1v) is 7.24. The monoisotopic (exact) mass is 248 g/mol. The largest absolute Gasteiger partial charge is 0.316 e. The summed E-state index contributed by atoms with van der Waals surface area (Å²) in [5.74, 6) is 0. The standard InChI is InChI=1S/C16H28N2/c1-4-18(5-2)13-7-11-17-12-10-16-9-6-8-15(3)14-16/h6,8-9,14,17H,4-5,7,10-13H2,1-3H3. The Hall–Kier alpha value is -0.860. The Morgan fingerprint density at radius 2 is 1.89 bits per heavy atom. The van der Waals surface area contributed by atoms with Crippen LogP contribution in [0, 0.1) is 6.92 Å². The maximum atomic E-state index is 3.53. The van der Waals surface area contributed by atoms with Gasteiger partial charge in [0.15, 0.2) is 0 Å². The minimum atomic E-state index is 1.09. The minimum absolute atomic E-state index is 1.09. The van der Waals surface area contributed by atoms with Gasteiger partial charge in [-0.25, -0.2) is 0 Å². The predicted molar refractivity (Wildman–Crippen MR) is 80.2 cm³/mol. The predicted octanol–water partition coefficient (Wildman–Crippen LogP) is 2.86. The van der Waals surface area contributed by atoms with Crippen LogP contribution in [0.15, 0.2) is 24.3 Å². The highest BCUT2D eigenvalue weighted by atomic mass is 15.1. The van der Waals surface area contributed by atoms with Crippen LogP contribution in [0.2, 0.25) is 0 Å². The van der Waals surface area contributed by atoms with Crippen LogP contribution in [0.25, 0.3) is 0 Å². The lowest BCUT2D eigenvalue weighted by molar-refractivity contribution is 0.298. The highest BCUT2D eigenvalue weighted by Gasteiger charge is 1.98. The summed E-state index contributed by atoms with van der Waals surface area (Å²) in [5.41, 5.74) is 2.79. The number of nitrogens with zero attached hydrogens (tertiary/aromatic N) is 1. The zero-order valence-corrected chi connectivity index (χ0v) is 12.2. The van der Waals surface area contributed by atoms with E-state index >= 15 is 0 Å². The van der Waals surface area contributed by atoms with E-state index in [-0.39, 0.29) is 0 Å². The number of hydrogen-bond acceptors (Lipinski definition) is 2. The van der Waals surface area contributed by atoms with Crippen molar-refractivity contribution in [1.82, 2.24) is 10.2 Å². The number of hydrogen-bond donors (Lipinski definition) is 1. The van der Waals surface area contributed by atoms with E-state index in [2.05, 4.69) is 55.3 Å². The molecule has 0 unspecified atom stereocenters. The van der Waals surface area contributed by atoms with Gasteiger partial charge in [0.2, 0.25) is 0 Å². The summed E-state index contributed by atoms with van der Waals surface area (Å²) in [6, 6.07) is 8.79. The summed E-state index contributed by atoms with van der Waals surface area (Å²) < 4.78 is 0. The van der Waals surface area contributed by atoms with Crippen molar-refractivity contribution >= 4 is 0 Å². The molecule has 1 N–H and O–H groups in total. The minimum Gasteiger partial charge on any atom is -0.316 e. The van der Waals surface area contributed by atoms with Gasteiger partial charge in [-0.15, -0.1) is 0 Å². The lowest BCUT2D eigenvalue weighted by atomic mass is 10.1. The topological polar surface area (TPSA) is 15.3 Å². The summed E-state index contributed by atoms with van der Waals surface area (Å²) in [5, 5.41) is 3.53. The molecule has 0 heterocycles. The van der Waals surface area contributed by atoms with Gasteiger partial charge >= 0.3 is 0 Å². The molecule has 18 heavy (non-hydrogen) atoms. The van der Waals surface area contributed by atoms with E-state index in [0.29, 0.717) is 0 Å². The maximum absolute atomic E-state index is 3.53. The molecular formula is C16H28N2. The summed E-state index contributed by atoms with van der Waals surface area (Å²) in [4.78, 5) is 2.47. The van der Waals surface area contributed by atoms with Crippen LogP contribution in [-0.4, -0.2) is 37.6 Å². The van der Waals surface area contributed by atoms with Crippen molar-refractivity contribution in [2.24, 2.45) is 0 Å². The van der Waals surface area contributed by atoms with Crippen LogP contribution in [0.5, 0.6) is 0 Å². The van der Waals surface area contributed by atoms with Gasteiger partial charge in [-0.05, 0) is 58.1 Å². The van der Waals surface area contributed by atoms with Gasteiger partial charge < -0.3 is 10.2 Å². The summed E-state index contributed by atoms with van der Waals surface area (Å²) >= 11 is 0. The molecule has 0 aliphatic heterocycles. The van der Waals surface area contributed by atoms with E-state index in [9.17, 15) is 0 Å². The fourth-order valence-electron chi connectivity index (χ4n) is 2.19. The van der Waals surface area contributed by atoms with Gasteiger partial charge in [-0.1, -0.05) is 43.7 Å². The van der Waals surface area contributed by atoms with Crippen molar-refractivity contribution < 1.29 is 0 Å². The highest BCUT2D eigenvalue weighted by molar-refractivity contribution is 5.22. The van der Waals surface area contributed by atoms with Gasteiger partial charge in [0.25, 0.3) is 0 Å². The summed E-state index contributed by atoms with van der Waals surface area (Å²) in [6.07, 6.45) is 2.38. The third kappa shape index (κ3) is 6.18. The van der Waals surface area contributed by atoms with Crippen molar-refractivity contribution in [2.45, 2.75) is 33.6 Å². The number of nitrogens with one attached hydrogen (secondary N) is 1. The highest BCUT2D eigenvalue weighted by Crippen LogP contribution is 2.03. The van der Waals surface area contributed by atoms with E-state index in [0.717, 1.165) is 19.5 Å². The number of rotatable bonds is 9. The molecule has 1 rings (SSSR count). The second-order valence-electron chi connectivity index (χ2n) is 4.87. The second kappa shape index (κ2) is 9.12. The molecule has 0 radical (unpaired) electrons. The van der Waals surface area contributed by atoms with Gasteiger partial charge in [-0.2, -0.15) is 0 Å². The van der Waals surface area contributed by atoms with Crippen molar-refractivity contribution in [1.29, 1.82) is 0 Å². The van der Waals surface area contributed by atoms with E-state index in [1.54, 1.807) is 0 Å². The smallest absolute Gasteiger partial charge is 0.000687 e. The Balaban J connectivity index is 2.05. The van der Waals surface area contributed by atoms with Gasteiger partial charge in [-0.3, -0.25) is 0 Å². The molecule has 0 fully saturated rings. The van der Waals surface area contributed by atoms with Gasteiger partial charge in [0, 0.05) is 0 Å². The zero-order valence-electron chi connectivity index (χ0n) is 12.2. The Morgan fingerprint density at radius 1 is 1.11 bits per heavy atom. The third-order valence-corrected chi connectivity index (χ3v) is 3.40. The molecule has 0 aliphatic rings. The zero-order chi connectivity index (χ0) is 13.2. The SMILES string of the molecule is CCN(CC)CCCNCCc1cccc(C)c1. The Morgan fingerprint density at radius 3 is 2.56 bits per heavy atom. The second-order valence-corrected chi connectivity index (χ2v) is 4.87. The number of aryl methyl sites for hydroxylation is 1. The van der Waals surface area contributed by atoms with Crippen molar-refractivity contribution in [2.75, 3.05) is 32.7 Å². The fourth-order valence-corrected chi connectivity index (χ4v) is 2.19. The molecule has 0 bridgehead atoms. The van der Waals surface area contributed by atoms with Crippen LogP contribution in [0.4, 0.5) is 0 Å². The van der Waals surface area contributed by atoms with Crippen LogP contribution in [0.1, 0.15) is 31.4 Å². The van der Waals surface area contributed by atoms with Gasteiger partial charge in [0.1, 0.15) is 0 Å². The Kier molecular flexibility index (Phi) is 7.70. The first-order valence-electron chi connectivity index (χ1n) is 7.24. The van der Waals surface area contributed by atoms with E-state index in [1.807, 2.05) is 0 Å². The molecule has 2 nitrogen and oxygen atoms in total. The molecule has 0 aromatic heterocycles. The van der Waals surface area contributed by atoms with Gasteiger partial charge in [0.05, 0.1) is 0 Å². The van der Waals surface area contributed by atoms with Crippen molar-refractivity contribution in [3.05, 3.63) is 35.4 Å². The van der Waals surface area contributed by atoms with Crippen LogP contribution >= 0.6 is 0 Å². The summed E-state index contributed by atoms with van der Waals surface area (Å²) in [6.45, 7) is 12.4. The summed E-state index contributed by atoms with van der Waals surface area (Å²) in [7, 11) is 0. The van der Waals surface area contributed by atoms with E-state index in [4.69, 9.17) is 0 Å². The first-order chi connectivity index (χ1) is 8.76. The average Bonchev–Trinajstić information content (AvgIpc) is 2.38. The quantitative estimate of drug-likeness (QED) is 0.676. The lowest BCUT2D eigenvalue weighted by Gasteiger charge is -2.17. The maximum Gasteiger partial charge on any atom is -0.000687 e. The molecule has 0 amide bonds. The molecule has 0 saturated carbocycles. The molecule has 1 aromatic rings. The van der Waals surface area contributed by atoms with Crippen LogP contribution in [-0.2, 0) is 6.42 Å². The number of benzene rings is 1. The molecule has 0 spiro atoms. The van der Waals surface area contributed by atoms with Crippen molar-refractivity contribution in [3.8, 4) is 0 Å². The van der Waals surface area contributed by atoms with Crippen LogP contribution in [0.3, 0.4) is 0 Å². The fraction of sp³-hybridized carbons (Fsp3) is 0.625. The normalized spacial score (nSPS) is 11.1. The molecule has 0 atom stereocenters. The Bertz CT molecular complexity index is 319. The lowest BCUT2D eigenvalue weighted by Crippen LogP contribution is -2.27. The Labute approximate surface area is 112 Å². The third-order valence-electron chi connectivity index (χ3n) is 3.40. The van der Waals surface area contributed by atoms with E-state index < -0.39 is 0 Å². The molecule has 0 aliphatic carbocycles. The molecule has 102 valence electrons.